The molecule has 2 atom stereocenters. The molecule has 0 saturated heterocycles. The van der Waals surface area contributed by atoms with Crippen LogP contribution in [-0.2, 0) is 25.5 Å². The van der Waals surface area contributed by atoms with E-state index in [0.717, 1.165) is 5.56 Å². The van der Waals surface area contributed by atoms with Gasteiger partial charge in [-0.25, -0.2) is 4.79 Å². The molecule has 2 unspecified atom stereocenters. The van der Waals surface area contributed by atoms with Gasteiger partial charge in [0, 0.05) is 6.42 Å². The zero-order chi connectivity index (χ0) is 22.9. The molecule has 0 aliphatic heterocycles. The molecule has 4 N–H and O–H groups in total. The highest BCUT2D eigenvalue weighted by Crippen LogP contribution is 2.10. The Morgan fingerprint density at radius 2 is 1.60 bits per heavy atom. The Morgan fingerprint density at radius 3 is 2.10 bits per heavy atom. The molecular weight excluding hydrogens is 390 g/mol. The van der Waals surface area contributed by atoms with Crippen LogP contribution < -0.4 is 16.0 Å². The molecule has 0 spiro atoms. The number of nitrogens with one attached hydrogen (secondary N) is 3. The fourth-order valence-corrected chi connectivity index (χ4v) is 2.57. The fourth-order valence-electron chi connectivity index (χ4n) is 2.57. The smallest absolute Gasteiger partial charge is 0.408 e. The number of carboxylic acids is 1. The molecule has 0 aliphatic carbocycles. The number of ether oxygens (including phenoxy) is 1. The van der Waals surface area contributed by atoms with Gasteiger partial charge in [0.2, 0.25) is 11.8 Å². The molecule has 0 saturated carbocycles. The van der Waals surface area contributed by atoms with Gasteiger partial charge in [-0.15, -0.1) is 0 Å². The first-order valence-electron chi connectivity index (χ1n) is 9.72. The van der Waals surface area contributed by atoms with Crippen LogP contribution in [0.15, 0.2) is 30.3 Å². The van der Waals surface area contributed by atoms with Crippen molar-refractivity contribution in [3.8, 4) is 0 Å². The van der Waals surface area contributed by atoms with Crippen molar-refractivity contribution in [2.45, 2.75) is 58.7 Å². The van der Waals surface area contributed by atoms with Crippen LogP contribution in [-0.4, -0.2) is 53.2 Å². The zero-order valence-corrected chi connectivity index (χ0v) is 18.0. The summed E-state index contributed by atoms with van der Waals surface area (Å²) in [6.45, 7) is 8.01. The van der Waals surface area contributed by atoms with Crippen molar-refractivity contribution in [3.63, 3.8) is 0 Å². The van der Waals surface area contributed by atoms with Crippen molar-refractivity contribution in [3.05, 3.63) is 35.9 Å². The molecular formula is C21H31N3O6. The molecule has 1 aromatic carbocycles. The standard InChI is InChI=1S/C21H31N3O6/c1-13(2)17(19(28)22-12-16(25)26)24-18(27)15(11-14-9-7-6-8-10-14)23-20(29)30-21(3,4)5/h6-10,13,15,17H,11-12H2,1-5H3,(H,22,28)(H,23,29)(H,24,27)(H,25,26). The average Bonchev–Trinajstić information content (AvgIpc) is 2.62. The number of carbonyl (C=O) groups excluding carboxylic acids is 3. The molecule has 0 aliphatic rings. The number of hydrogen-bond acceptors (Lipinski definition) is 5. The van der Waals surface area contributed by atoms with E-state index >= 15 is 0 Å². The van der Waals surface area contributed by atoms with Crippen LogP contribution in [0.25, 0.3) is 0 Å². The Morgan fingerprint density at radius 1 is 1.00 bits per heavy atom. The summed E-state index contributed by atoms with van der Waals surface area (Å²) in [5, 5.41) is 16.2. The van der Waals surface area contributed by atoms with E-state index in [1.54, 1.807) is 34.6 Å². The summed E-state index contributed by atoms with van der Waals surface area (Å²) in [6.07, 6.45) is -0.567. The predicted octanol–water partition coefficient (Wildman–Crippen LogP) is 1.46. The molecule has 0 heterocycles. The van der Waals surface area contributed by atoms with Crippen LogP contribution in [0.2, 0.25) is 0 Å². The highest BCUT2D eigenvalue weighted by molar-refractivity contribution is 5.92. The number of aliphatic carboxylic acids is 1. The molecule has 9 nitrogen and oxygen atoms in total. The number of benzene rings is 1. The molecule has 1 aromatic rings. The molecule has 30 heavy (non-hydrogen) atoms. The molecule has 0 radical (unpaired) electrons. The topological polar surface area (TPSA) is 134 Å². The highest BCUT2D eigenvalue weighted by atomic mass is 16.6. The maximum atomic E-state index is 12.9. The first-order chi connectivity index (χ1) is 13.9. The van der Waals surface area contributed by atoms with Crippen molar-refractivity contribution >= 4 is 23.9 Å². The van der Waals surface area contributed by atoms with E-state index in [0.29, 0.717) is 0 Å². The third-order valence-electron chi connectivity index (χ3n) is 3.95. The average molecular weight is 421 g/mol. The summed E-state index contributed by atoms with van der Waals surface area (Å²) in [4.78, 5) is 48.2. The molecule has 166 valence electrons. The van der Waals surface area contributed by atoms with Crippen LogP contribution in [0, 0.1) is 5.92 Å². The van der Waals surface area contributed by atoms with E-state index in [2.05, 4.69) is 16.0 Å². The number of rotatable bonds is 9. The normalized spacial score (nSPS) is 13.1. The van der Waals surface area contributed by atoms with Crippen LogP contribution in [0.1, 0.15) is 40.2 Å². The third kappa shape index (κ3) is 9.40. The van der Waals surface area contributed by atoms with Gasteiger partial charge in [-0.1, -0.05) is 44.2 Å². The Labute approximate surface area is 176 Å². The second kappa shape index (κ2) is 11.2. The Bertz CT molecular complexity index is 743. The van der Waals surface area contributed by atoms with Gasteiger partial charge in [0.1, 0.15) is 24.2 Å². The first kappa shape index (κ1) is 24.9. The number of carboxylic acid groups (broad SMARTS) is 1. The molecule has 0 bridgehead atoms. The molecule has 9 heteroatoms. The van der Waals surface area contributed by atoms with E-state index in [1.165, 1.54) is 0 Å². The minimum absolute atomic E-state index is 0.188. The zero-order valence-electron chi connectivity index (χ0n) is 18.0. The monoisotopic (exact) mass is 421 g/mol. The van der Waals surface area contributed by atoms with Crippen molar-refractivity contribution in [2.75, 3.05) is 6.54 Å². The number of alkyl carbamates (subject to hydrolysis) is 1. The van der Waals surface area contributed by atoms with Gasteiger partial charge in [0.15, 0.2) is 0 Å². The summed E-state index contributed by atoms with van der Waals surface area (Å²) in [5.74, 6) is -2.68. The Balaban J connectivity index is 2.96. The van der Waals surface area contributed by atoms with Crippen LogP contribution >= 0.6 is 0 Å². The predicted molar refractivity (Wildman–Crippen MR) is 111 cm³/mol. The minimum Gasteiger partial charge on any atom is -0.480 e. The van der Waals surface area contributed by atoms with Gasteiger partial charge in [0.25, 0.3) is 0 Å². The van der Waals surface area contributed by atoms with Gasteiger partial charge in [-0.2, -0.15) is 0 Å². The summed E-state index contributed by atoms with van der Waals surface area (Å²) in [7, 11) is 0. The second-order valence-electron chi connectivity index (χ2n) is 8.23. The fraction of sp³-hybridized carbons (Fsp3) is 0.524. The summed E-state index contributed by atoms with van der Waals surface area (Å²) < 4.78 is 5.25. The van der Waals surface area contributed by atoms with Gasteiger partial charge in [-0.05, 0) is 32.3 Å². The number of hydrogen-bond donors (Lipinski definition) is 4. The largest absolute Gasteiger partial charge is 0.480 e. The van der Waals surface area contributed by atoms with E-state index in [9.17, 15) is 19.2 Å². The Hall–Kier alpha value is -3.10. The van der Waals surface area contributed by atoms with Gasteiger partial charge < -0.3 is 25.8 Å². The van der Waals surface area contributed by atoms with Gasteiger partial charge >= 0.3 is 12.1 Å². The third-order valence-corrected chi connectivity index (χ3v) is 3.95. The second-order valence-corrected chi connectivity index (χ2v) is 8.23. The summed E-state index contributed by atoms with van der Waals surface area (Å²) >= 11 is 0. The highest BCUT2D eigenvalue weighted by Gasteiger charge is 2.30. The lowest BCUT2D eigenvalue weighted by Gasteiger charge is -2.26. The van der Waals surface area contributed by atoms with Crippen molar-refractivity contribution in [2.24, 2.45) is 5.92 Å². The maximum absolute atomic E-state index is 12.9. The quantitative estimate of drug-likeness (QED) is 0.477. The van der Waals surface area contributed by atoms with E-state index < -0.39 is 48.1 Å². The van der Waals surface area contributed by atoms with Gasteiger partial charge in [0.05, 0.1) is 0 Å². The lowest BCUT2D eigenvalue weighted by molar-refractivity contribution is -0.138. The SMILES string of the molecule is CC(C)C(NC(=O)C(Cc1ccccc1)NC(=O)OC(C)(C)C)C(=O)NCC(=O)O. The number of amides is 3. The molecule has 3 amide bonds. The van der Waals surface area contributed by atoms with E-state index in [4.69, 9.17) is 9.84 Å². The van der Waals surface area contributed by atoms with Gasteiger partial charge in [-0.3, -0.25) is 14.4 Å². The first-order valence-corrected chi connectivity index (χ1v) is 9.72. The van der Waals surface area contributed by atoms with Crippen molar-refractivity contribution < 1.29 is 29.0 Å². The molecule has 0 fully saturated rings. The summed E-state index contributed by atoms with van der Waals surface area (Å²) in [5.41, 5.74) is 0.0693. The Kier molecular flexibility index (Phi) is 9.29. The maximum Gasteiger partial charge on any atom is 0.408 e. The molecule has 0 aromatic heterocycles. The van der Waals surface area contributed by atoms with Crippen molar-refractivity contribution in [1.82, 2.24) is 16.0 Å². The van der Waals surface area contributed by atoms with Crippen molar-refractivity contribution in [1.29, 1.82) is 0 Å². The lowest BCUT2D eigenvalue weighted by atomic mass is 10.0. The summed E-state index contributed by atoms with van der Waals surface area (Å²) in [6, 6.07) is 7.14. The van der Waals surface area contributed by atoms with E-state index in [-0.39, 0.29) is 12.3 Å². The van der Waals surface area contributed by atoms with Crippen LogP contribution in [0.4, 0.5) is 4.79 Å². The van der Waals surface area contributed by atoms with E-state index in [1.807, 2.05) is 30.3 Å². The lowest BCUT2D eigenvalue weighted by Crippen LogP contribution is -2.56. The number of carbonyl (C=O) groups is 4. The van der Waals surface area contributed by atoms with Crippen LogP contribution in [0.5, 0.6) is 0 Å². The minimum atomic E-state index is -1.19. The molecule has 1 rings (SSSR count). The van der Waals surface area contributed by atoms with Crippen LogP contribution in [0.3, 0.4) is 0 Å².